The number of hydrogen-bond acceptors (Lipinski definition) is 3. The molecule has 2 aromatic rings. The Kier molecular flexibility index (Phi) is 9.25. The van der Waals surface area contributed by atoms with Gasteiger partial charge in [-0.05, 0) is 56.8 Å². The zero-order chi connectivity index (χ0) is 16.1. The van der Waals surface area contributed by atoms with E-state index in [-0.39, 0.29) is 30.7 Å². The summed E-state index contributed by atoms with van der Waals surface area (Å²) >= 11 is 0. The minimum Gasteiger partial charge on any atom is -0.356 e. The number of aromatic amines is 1. The van der Waals surface area contributed by atoms with E-state index in [1.165, 1.54) is 12.8 Å². The lowest BCUT2D eigenvalue weighted by Crippen LogP contribution is -2.33. The molecule has 1 aromatic carbocycles. The molecule has 0 radical (unpaired) electrons. The van der Waals surface area contributed by atoms with E-state index in [0.717, 1.165) is 48.5 Å². The molecule has 1 atom stereocenters. The first-order valence-electron chi connectivity index (χ1n) is 8.64. The number of fused-ring (bicyclic) bond motifs is 1. The molecule has 0 spiro atoms. The molecule has 0 aliphatic carbocycles. The molecule has 1 amide bonds. The molecule has 1 aliphatic rings. The lowest BCUT2D eigenvalue weighted by molar-refractivity contribution is -0.121. The number of imidazole rings is 1. The van der Waals surface area contributed by atoms with Gasteiger partial charge in [0.1, 0.15) is 5.82 Å². The van der Waals surface area contributed by atoms with Crippen molar-refractivity contribution in [3.63, 3.8) is 0 Å². The number of amides is 1. The maximum atomic E-state index is 12.0. The Labute approximate surface area is 161 Å². The van der Waals surface area contributed by atoms with Crippen molar-refractivity contribution in [3.8, 4) is 0 Å². The number of rotatable bonds is 6. The monoisotopic (exact) mass is 386 g/mol. The summed E-state index contributed by atoms with van der Waals surface area (Å²) in [5.74, 6) is 1.72. The maximum Gasteiger partial charge on any atom is 0.220 e. The molecule has 1 unspecified atom stereocenters. The third kappa shape index (κ3) is 6.17. The summed E-state index contributed by atoms with van der Waals surface area (Å²) < 4.78 is 0. The van der Waals surface area contributed by atoms with E-state index in [4.69, 9.17) is 0 Å². The average molecular weight is 387 g/mol. The molecule has 1 fully saturated rings. The van der Waals surface area contributed by atoms with Gasteiger partial charge in [-0.2, -0.15) is 0 Å². The van der Waals surface area contributed by atoms with Crippen LogP contribution in [-0.4, -0.2) is 35.5 Å². The number of carbonyl (C=O) groups excluding carboxylic acids is 1. The van der Waals surface area contributed by atoms with Crippen LogP contribution >= 0.6 is 24.8 Å². The Hall–Kier alpha value is -1.30. The molecule has 7 heteroatoms. The molecule has 25 heavy (non-hydrogen) atoms. The third-order valence-corrected chi connectivity index (χ3v) is 4.63. The highest BCUT2D eigenvalue weighted by Crippen LogP contribution is 2.16. The molecule has 140 valence electrons. The quantitative estimate of drug-likeness (QED) is 0.713. The minimum atomic E-state index is 0. The molecule has 0 bridgehead atoms. The number of piperidine rings is 1. The highest BCUT2D eigenvalue weighted by molar-refractivity contribution is 5.85. The molecule has 5 nitrogen and oxygen atoms in total. The van der Waals surface area contributed by atoms with Crippen LogP contribution in [0.1, 0.15) is 37.1 Å². The Bertz CT molecular complexity index is 668. The number of nitrogens with one attached hydrogen (secondary N) is 3. The maximum absolute atomic E-state index is 12.0. The molecule has 3 rings (SSSR count). The summed E-state index contributed by atoms with van der Waals surface area (Å²) in [6.45, 7) is 5.07. The Balaban J connectivity index is 0.00000156. The molecule has 1 aromatic heterocycles. The molecular weight excluding hydrogens is 359 g/mol. The van der Waals surface area contributed by atoms with Gasteiger partial charge in [0.15, 0.2) is 0 Å². The second-order valence-electron chi connectivity index (χ2n) is 6.51. The normalized spacial score (nSPS) is 16.8. The van der Waals surface area contributed by atoms with Gasteiger partial charge >= 0.3 is 0 Å². The van der Waals surface area contributed by atoms with Gasteiger partial charge in [-0.15, -0.1) is 24.8 Å². The standard InChI is InChI=1S/C18H26N4O.2ClH/c1-13-4-2-6-15-18(13)22-16(21-15)7-8-17(23)20-11-9-14-5-3-10-19-12-14;;/h2,4,6,14,19H,3,5,7-12H2,1H3,(H,20,23)(H,21,22);2*1H. The van der Waals surface area contributed by atoms with Crippen LogP contribution in [0.5, 0.6) is 0 Å². The predicted molar refractivity (Wildman–Crippen MR) is 107 cm³/mol. The van der Waals surface area contributed by atoms with Crippen LogP contribution in [0.25, 0.3) is 11.0 Å². The molecule has 1 saturated heterocycles. The van der Waals surface area contributed by atoms with E-state index in [0.29, 0.717) is 18.8 Å². The lowest BCUT2D eigenvalue weighted by atomic mass is 9.96. The Morgan fingerprint density at radius 1 is 1.36 bits per heavy atom. The van der Waals surface area contributed by atoms with E-state index in [2.05, 4.69) is 33.6 Å². The molecule has 1 aliphatic heterocycles. The van der Waals surface area contributed by atoms with Crippen LogP contribution in [0.2, 0.25) is 0 Å². The highest BCUT2D eigenvalue weighted by atomic mass is 35.5. The van der Waals surface area contributed by atoms with Gasteiger partial charge in [-0.25, -0.2) is 4.98 Å². The first kappa shape index (κ1) is 21.7. The first-order chi connectivity index (χ1) is 11.2. The molecule has 3 N–H and O–H groups in total. The number of aromatic nitrogens is 2. The van der Waals surface area contributed by atoms with Crippen LogP contribution in [0.3, 0.4) is 0 Å². The van der Waals surface area contributed by atoms with Crippen LogP contribution in [0.4, 0.5) is 0 Å². The third-order valence-electron chi connectivity index (χ3n) is 4.63. The molecular formula is C18H28Cl2N4O. The van der Waals surface area contributed by atoms with Gasteiger partial charge in [0, 0.05) is 19.4 Å². The van der Waals surface area contributed by atoms with Crippen LogP contribution in [0.15, 0.2) is 18.2 Å². The van der Waals surface area contributed by atoms with Gasteiger partial charge in [0.05, 0.1) is 11.0 Å². The minimum absolute atomic E-state index is 0. The number of nitrogens with zero attached hydrogens (tertiary/aromatic N) is 1. The lowest BCUT2D eigenvalue weighted by Gasteiger charge is -2.22. The number of para-hydroxylation sites is 1. The first-order valence-corrected chi connectivity index (χ1v) is 8.64. The van der Waals surface area contributed by atoms with Crippen LogP contribution < -0.4 is 10.6 Å². The molecule has 0 saturated carbocycles. The van der Waals surface area contributed by atoms with Crippen molar-refractivity contribution in [2.75, 3.05) is 19.6 Å². The summed E-state index contributed by atoms with van der Waals surface area (Å²) in [5, 5.41) is 6.45. The van der Waals surface area contributed by atoms with Crippen molar-refractivity contribution in [3.05, 3.63) is 29.6 Å². The number of hydrogen-bond donors (Lipinski definition) is 3. The van der Waals surface area contributed by atoms with Gasteiger partial charge in [0.25, 0.3) is 0 Å². The largest absolute Gasteiger partial charge is 0.356 e. The number of carbonyl (C=O) groups is 1. The van der Waals surface area contributed by atoms with Crippen LogP contribution in [-0.2, 0) is 11.2 Å². The number of halogens is 2. The zero-order valence-electron chi connectivity index (χ0n) is 14.6. The Morgan fingerprint density at radius 2 is 2.20 bits per heavy atom. The summed E-state index contributed by atoms with van der Waals surface area (Å²) in [5.41, 5.74) is 3.22. The number of aryl methyl sites for hydroxylation is 2. The number of benzene rings is 1. The molecule has 2 heterocycles. The second-order valence-corrected chi connectivity index (χ2v) is 6.51. The fraction of sp³-hybridized carbons (Fsp3) is 0.556. The topological polar surface area (TPSA) is 69.8 Å². The van der Waals surface area contributed by atoms with Crippen molar-refractivity contribution in [1.29, 1.82) is 0 Å². The smallest absolute Gasteiger partial charge is 0.220 e. The van der Waals surface area contributed by atoms with Crippen molar-refractivity contribution < 1.29 is 4.79 Å². The average Bonchev–Trinajstić information content (AvgIpc) is 2.99. The van der Waals surface area contributed by atoms with Crippen LogP contribution in [0, 0.1) is 12.8 Å². The summed E-state index contributed by atoms with van der Waals surface area (Å²) in [4.78, 5) is 19.9. The fourth-order valence-corrected chi connectivity index (χ4v) is 3.25. The van der Waals surface area contributed by atoms with Gasteiger partial charge in [-0.3, -0.25) is 4.79 Å². The van der Waals surface area contributed by atoms with Gasteiger partial charge in [0.2, 0.25) is 5.91 Å². The number of H-pyrrole nitrogens is 1. The second kappa shape index (κ2) is 10.6. The Morgan fingerprint density at radius 3 is 2.92 bits per heavy atom. The van der Waals surface area contributed by atoms with Gasteiger partial charge < -0.3 is 15.6 Å². The van der Waals surface area contributed by atoms with E-state index < -0.39 is 0 Å². The van der Waals surface area contributed by atoms with Crippen molar-refractivity contribution in [2.45, 2.75) is 39.0 Å². The van der Waals surface area contributed by atoms with Crippen molar-refractivity contribution in [1.82, 2.24) is 20.6 Å². The summed E-state index contributed by atoms with van der Waals surface area (Å²) in [7, 11) is 0. The fourth-order valence-electron chi connectivity index (χ4n) is 3.25. The predicted octanol–water partition coefficient (Wildman–Crippen LogP) is 3.15. The van der Waals surface area contributed by atoms with E-state index >= 15 is 0 Å². The zero-order valence-corrected chi connectivity index (χ0v) is 16.3. The summed E-state index contributed by atoms with van der Waals surface area (Å²) in [6, 6.07) is 6.10. The summed E-state index contributed by atoms with van der Waals surface area (Å²) in [6.07, 6.45) is 4.75. The van der Waals surface area contributed by atoms with E-state index in [1.807, 2.05) is 12.1 Å². The van der Waals surface area contributed by atoms with Gasteiger partial charge in [-0.1, -0.05) is 12.1 Å². The van der Waals surface area contributed by atoms with E-state index in [9.17, 15) is 4.79 Å². The highest BCUT2D eigenvalue weighted by Gasteiger charge is 2.13. The SMILES string of the molecule is Cc1cccc2[nH]c(CCC(=O)NCCC3CCCNC3)nc12.Cl.Cl. The van der Waals surface area contributed by atoms with Crippen molar-refractivity contribution >= 4 is 41.8 Å². The van der Waals surface area contributed by atoms with E-state index in [1.54, 1.807) is 0 Å². The van der Waals surface area contributed by atoms with Crippen molar-refractivity contribution in [2.24, 2.45) is 5.92 Å².